The van der Waals surface area contributed by atoms with Crippen LogP contribution in [0.3, 0.4) is 0 Å². The summed E-state index contributed by atoms with van der Waals surface area (Å²) >= 11 is 1.56. The Kier molecular flexibility index (Phi) is 4.34. The van der Waals surface area contributed by atoms with Gasteiger partial charge in [0.25, 0.3) is 0 Å². The zero-order valence-corrected chi connectivity index (χ0v) is 14.2. The van der Waals surface area contributed by atoms with E-state index in [0.29, 0.717) is 6.42 Å². The standard InChI is InChI=1S/C17H19N3O2S/c1-12(14-6-4-5-7-15(14)22-3)19(2)16(21)10-13-11-20-8-9-23-17(20)18-13/h4-9,11-12H,10H2,1-3H3/t12-/m0/s1. The highest BCUT2D eigenvalue weighted by Gasteiger charge is 2.21. The second-order valence-corrected chi connectivity index (χ2v) is 6.30. The van der Waals surface area contributed by atoms with Crippen molar-refractivity contribution in [3.05, 3.63) is 53.3 Å². The molecule has 3 rings (SSSR count). The predicted octanol–water partition coefficient (Wildman–Crippen LogP) is 3.17. The third-order valence-corrected chi connectivity index (χ3v) is 4.81. The van der Waals surface area contributed by atoms with Crippen molar-refractivity contribution >= 4 is 22.2 Å². The number of hydrogen-bond donors (Lipinski definition) is 0. The van der Waals surface area contributed by atoms with Crippen LogP contribution in [-0.4, -0.2) is 34.3 Å². The Balaban J connectivity index is 1.74. The van der Waals surface area contributed by atoms with Gasteiger partial charge in [-0.05, 0) is 13.0 Å². The van der Waals surface area contributed by atoms with Gasteiger partial charge in [0.05, 0.1) is 25.3 Å². The third-order valence-electron chi connectivity index (χ3n) is 4.04. The van der Waals surface area contributed by atoms with E-state index in [-0.39, 0.29) is 11.9 Å². The normalized spacial score (nSPS) is 12.3. The summed E-state index contributed by atoms with van der Waals surface area (Å²) < 4.78 is 7.33. The van der Waals surface area contributed by atoms with Crippen LogP contribution in [0.25, 0.3) is 4.96 Å². The summed E-state index contributed by atoms with van der Waals surface area (Å²) in [5.74, 6) is 0.830. The lowest BCUT2D eigenvalue weighted by molar-refractivity contribution is -0.131. The Morgan fingerprint density at radius 2 is 2.22 bits per heavy atom. The number of amides is 1. The summed E-state index contributed by atoms with van der Waals surface area (Å²) in [6, 6.07) is 7.71. The van der Waals surface area contributed by atoms with Crippen LogP contribution in [0.15, 0.2) is 42.0 Å². The molecule has 0 saturated carbocycles. The van der Waals surface area contributed by atoms with Gasteiger partial charge in [0.15, 0.2) is 4.96 Å². The smallest absolute Gasteiger partial charge is 0.228 e. The highest BCUT2D eigenvalue weighted by atomic mass is 32.1. The fourth-order valence-corrected chi connectivity index (χ4v) is 3.30. The third kappa shape index (κ3) is 3.07. The van der Waals surface area contributed by atoms with E-state index in [2.05, 4.69) is 4.98 Å². The van der Waals surface area contributed by atoms with Crippen molar-refractivity contribution in [1.82, 2.24) is 14.3 Å². The van der Waals surface area contributed by atoms with Crippen LogP contribution in [0.5, 0.6) is 5.75 Å². The van der Waals surface area contributed by atoms with Gasteiger partial charge >= 0.3 is 0 Å². The summed E-state index contributed by atoms with van der Waals surface area (Å²) in [6.45, 7) is 2.00. The zero-order valence-electron chi connectivity index (χ0n) is 13.4. The lowest BCUT2D eigenvalue weighted by atomic mass is 10.1. The van der Waals surface area contributed by atoms with Crippen molar-refractivity contribution < 1.29 is 9.53 Å². The number of likely N-dealkylation sites (N-methyl/N-ethyl adjacent to an activating group) is 1. The Hall–Kier alpha value is -2.34. The number of hydrogen-bond acceptors (Lipinski definition) is 4. The molecule has 120 valence electrons. The fraction of sp³-hybridized carbons (Fsp3) is 0.294. The molecule has 0 saturated heterocycles. The number of methoxy groups -OCH3 is 1. The van der Waals surface area contributed by atoms with Gasteiger partial charge in [0, 0.05) is 30.4 Å². The highest BCUT2D eigenvalue weighted by Crippen LogP contribution is 2.28. The topological polar surface area (TPSA) is 46.8 Å². The minimum atomic E-state index is -0.0672. The van der Waals surface area contributed by atoms with E-state index in [1.165, 1.54) is 0 Å². The largest absolute Gasteiger partial charge is 0.496 e. The summed E-state index contributed by atoms with van der Waals surface area (Å²) in [7, 11) is 3.46. The van der Waals surface area contributed by atoms with Gasteiger partial charge in [-0.1, -0.05) is 18.2 Å². The Labute approximate surface area is 139 Å². The first kappa shape index (κ1) is 15.6. The number of imidazole rings is 1. The van der Waals surface area contributed by atoms with E-state index in [9.17, 15) is 4.79 Å². The molecule has 1 atom stereocenters. The molecular formula is C17H19N3O2S. The van der Waals surface area contributed by atoms with Crippen LogP contribution in [0, 0.1) is 0 Å². The Morgan fingerprint density at radius 1 is 1.43 bits per heavy atom. The monoisotopic (exact) mass is 329 g/mol. The molecule has 3 aromatic rings. The first-order chi connectivity index (χ1) is 11.1. The average Bonchev–Trinajstić information content (AvgIpc) is 3.14. The predicted molar refractivity (Wildman–Crippen MR) is 91.0 cm³/mol. The minimum absolute atomic E-state index is 0.0363. The quantitative estimate of drug-likeness (QED) is 0.722. The van der Waals surface area contributed by atoms with Gasteiger partial charge in [0.1, 0.15) is 5.75 Å². The van der Waals surface area contributed by atoms with Crippen molar-refractivity contribution in [3.63, 3.8) is 0 Å². The number of para-hydroxylation sites is 1. The van der Waals surface area contributed by atoms with E-state index >= 15 is 0 Å². The molecule has 1 aromatic carbocycles. The van der Waals surface area contributed by atoms with E-state index in [4.69, 9.17) is 4.74 Å². The molecule has 0 unspecified atom stereocenters. The van der Waals surface area contributed by atoms with Gasteiger partial charge in [-0.2, -0.15) is 0 Å². The van der Waals surface area contributed by atoms with Crippen LogP contribution in [-0.2, 0) is 11.2 Å². The number of nitrogens with zero attached hydrogens (tertiary/aromatic N) is 3. The van der Waals surface area contributed by atoms with Crippen molar-refractivity contribution in [2.45, 2.75) is 19.4 Å². The van der Waals surface area contributed by atoms with Crippen LogP contribution in [0.1, 0.15) is 24.2 Å². The molecule has 0 aliphatic heterocycles. The molecule has 1 amide bonds. The molecule has 2 heterocycles. The van der Waals surface area contributed by atoms with Crippen LogP contribution >= 0.6 is 11.3 Å². The molecular weight excluding hydrogens is 310 g/mol. The van der Waals surface area contributed by atoms with E-state index in [1.54, 1.807) is 23.3 Å². The van der Waals surface area contributed by atoms with E-state index < -0.39 is 0 Å². The Morgan fingerprint density at radius 3 is 2.96 bits per heavy atom. The molecule has 0 N–H and O–H groups in total. The van der Waals surface area contributed by atoms with E-state index in [0.717, 1.165) is 22.0 Å². The maximum absolute atomic E-state index is 12.6. The SMILES string of the molecule is COc1ccccc1[C@H](C)N(C)C(=O)Cc1cn2ccsc2n1. The van der Waals surface area contributed by atoms with Gasteiger partial charge in [0.2, 0.25) is 5.91 Å². The van der Waals surface area contributed by atoms with Gasteiger partial charge in [-0.3, -0.25) is 9.20 Å². The maximum Gasteiger partial charge on any atom is 0.228 e. The second-order valence-electron chi connectivity index (χ2n) is 5.42. The lowest BCUT2D eigenvalue weighted by Crippen LogP contribution is -2.31. The van der Waals surface area contributed by atoms with Crippen molar-refractivity contribution in [1.29, 1.82) is 0 Å². The fourth-order valence-electron chi connectivity index (χ4n) is 2.58. The molecule has 2 aromatic heterocycles. The van der Waals surface area contributed by atoms with Crippen LogP contribution < -0.4 is 4.74 Å². The maximum atomic E-state index is 12.6. The molecule has 0 bridgehead atoms. The molecule has 0 fully saturated rings. The second kappa shape index (κ2) is 6.42. The first-order valence-corrected chi connectivity index (χ1v) is 8.27. The molecule has 0 aliphatic rings. The molecule has 0 radical (unpaired) electrons. The number of aromatic nitrogens is 2. The summed E-state index contributed by atoms with van der Waals surface area (Å²) in [5.41, 5.74) is 1.79. The number of ether oxygens (including phenoxy) is 1. The van der Waals surface area contributed by atoms with Crippen LogP contribution in [0.2, 0.25) is 0 Å². The van der Waals surface area contributed by atoms with E-state index in [1.807, 2.05) is 60.4 Å². The Bertz CT molecular complexity index is 795. The van der Waals surface area contributed by atoms with Crippen molar-refractivity contribution in [2.75, 3.05) is 14.2 Å². The summed E-state index contributed by atoms with van der Waals surface area (Å²) in [6.07, 6.45) is 4.15. The zero-order chi connectivity index (χ0) is 16.4. The first-order valence-electron chi connectivity index (χ1n) is 7.40. The van der Waals surface area contributed by atoms with Gasteiger partial charge < -0.3 is 9.64 Å². The van der Waals surface area contributed by atoms with Gasteiger partial charge in [-0.25, -0.2) is 4.98 Å². The number of carbonyl (C=O) groups is 1. The average molecular weight is 329 g/mol. The van der Waals surface area contributed by atoms with Crippen molar-refractivity contribution in [3.8, 4) is 5.75 Å². The number of benzene rings is 1. The number of carbonyl (C=O) groups excluding carboxylic acids is 1. The molecule has 0 spiro atoms. The molecule has 6 heteroatoms. The summed E-state index contributed by atoms with van der Waals surface area (Å²) in [4.78, 5) is 19.7. The van der Waals surface area contributed by atoms with Gasteiger partial charge in [-0.15, -0.1) is 11.3 Å². The minimum Gasteiger partial charge on any atom is -0.496 e. The van der Waals surface area contributed by atoms with Crippen molar-refractivity contribution in [2.24, 2.45) is 0 Å². The van der Waals surface area contributed by atoms with Crippen LogP contribution in [0.4, 0.5) is 0 Å². The number of fused-ring (bicyclic) bond motifs is 1. The highest BCUT2D eigenvalue weighted by molar-refractivity contribution is 7.15. The lowest BCUT2D eigenvalue weighted by Gasteiger charge is -2.26. The summed E-state index contributed by atoms with van der Waals surface area (Å²) in [5, 5.41) is 1.98. The molecule has 23 heavy (non-hydrogen) atoms. The molecule has 0 aliphatic carbocycles. The number of thiazole rings is 1. The number of rotatable bonds is 5. The molecule has 5 nitrogen and oxygen atoms in total.